The van der Waals surface area contributed by atoms with Crippen molar-refractivity contribution in [1.29, 1.82) is 0 Å². The zero-order valence-electron chi connectivity index (χ0n) is 11.8. The average molecular weight is 263 g/mol. The van der Waals surface area contributed by atoms with Gasteiger partial charge in [0.1, 0.15) is 5.65 Å². The van der Waals surface area contributed by atoms with Crippen molar-refractivity contribution in [2.45, 2.75) is 20.0 Å². The van der Waals surface area contributed by atoms with Crippen LogP contribution in [0.25, 0.3) is 22.2 Å². The SMILES string of the molecule is Cc1c[nH]c2nccc(-c3ccc4c(c3)CN(C)C4)c12. The molecule has 0 fully saturated rings. The van der Waals surface area contributed by atoms with Crippen molar-refractivity contribution in [3.05, 3.63) is 53.3 Å². The number of H-pyrrole nitrogens is 1. The first kappa shape index (κ1) is 11.7. The lowest BCUT2D eigenvalue weighted by atomic mass is 9.98. The van der Waals surface area contributed by atoms with Gasteiger partial charge in [-0.3, -0.25) is 4.90 Å². The number of aromatic nitrogens is 2. The van der Waals surface area contributed by atoms with Crippen LogP contribution in [0.3, 0.4) is 0 Å². The van der Waals surface area contributed by atoms with E-state index in [1.54, 1.807) is 0 Å². The summed E-state index contributed by atoms with van der Waals surface area (Å²) in [7, 11) is 2.17. The second kappa shape index (κ2) is 4.18. The summed E-state index contributed by atoms with van der Waals surface area (Å²) in [4.78, 5) is 9.99. The lowest BCUT2D eigenvalue weighted by Gasteiger charge is -2.07. The van der Waals surface area contributed by atoms with Gasteiger partial charge in [-0.25, -0.2) is 4.98 Å². The maximum absolute atomic E-state index is 4.41. The van der Waals surface area contributed by atoms with Crippen molar-refractivity contribution in [2.24, 2.45) is 0 Å². The van der Waals surface area contributed by atoms with Crippen molar-refractivity contribution >= 4 is 11.0 Å². The first-order valence-corrected chi connectivity index (χ1v) is 6.96. The van der Waals surface area contributed by atoms with Gasteiger partial charge < -0.3 is 4.98 Å². The van der Waals surface area contributed by atoms with Crippen LogP contribution >= 0.6 is 0 Å². The molecule has 0 radical (unpaired) electrons. The molecule has 0 saturated carbocycles. The summed E-state index contributed by atoms with van der Waals surface area (Å²) < 4.78 is 0. The third-order valence-electron chi connectivity index (χ3n) is 4.17. The molecule has 1 aliphatic rings. The van der Waals surface area contributed by atoms with E-state index in [2.05, 4.69) is 53.1 Å². The molecule has 3 heteroatoms. The maximum atomic E-state index is 4.41. The fourth-order valence-electron chi connectivity index (χ4n) is 3.19. The molecule has 100 valence electrons. The lowest BCUT2D eigenvalue weighted by molar-refractivity contribution is 0.353. The van der Waals surface area contributed by atoms with Gasteiger partial charge >= 0.3 is 0 Å². The Bertz CT molecular complexity index is 801. The van der Waals surface area contributed by atoms with E-state index in [4.69, 9.17) is 0 Å². The second-order valence-corrected chi connectivity index (χ2v) is 5.71. The van der Waals surface area contributed by atoms with Gasteiger partial charge in [0.2, 0.25) is 0 Å². The molecule has 1 N–H and O–H groups in total. The molecule has 3 heterocycles. The quantitative estimate of drug-likeness (QED) is 0.729. The van der Waals surface area contributed by atoms with E-state index in [0.29, 0.717) is 0 Å². The predicted molar refractivity (Wildman–Crippen MR) is 81.4 cm³/mol. The normalized spacial score (nSPS) is 14.9. The summed E-state index contributed by atoms with van der Waals surface area (Å²) >= 11 is 0. The third-order valence-corrected chi connectivity index (χ3v) is 4.17. The Hall–Kier alpha value is -2.13. The summed E-state index contributed by atoms with van der Waals surface area (Å²) in [5.74, 6) is 0. The number of nitrogens with one attached hydrogen (secondary N) is 1. The van der Waals surface area contributed by atoms with Crippen LogP contribution in [0.15, 0.2) is 36.7 Å². The Morgan fingerprint density at radius 3 is 2.90 bits per heavy atom. The molecular weight excluding hydrogens is 246 g/mol. The van der Waals surface area contributed by atoms with Crippen molar-refractivity contribution in [3.8, 4) is 11.1 Å². The minimum absolute atomic E-state index is 0.970. The standard InChI is InChI=1S/C17H17N3/c1-11-8-19-17-16(11)15(5-6-18-17)12-3-4-13-9-20(2)10-14(13)7-12/h3-8H,9-10H2,1-2H3,(H,18,19). The Morgan fingerprint density at radius 2 is 2.00 bits per heavy atom. The minimum atomic E-state index is 0.970. The highest BCUT2D eigenvalue weighted by Crippen LogP contribution is 2.32. The smallest absolute Gasteiger partial charge is 0.138 e. The average Bonchev–Trinajstić information content (AvgIpc) is 3.00. The molecule has 0 atom stereocenters. The summed E-state index contributed by atoms with van der Waals surface area (Å²) in [6.45, 7) is 4.24. The van der Waals surface area contributed by atoms with Gasteiger partial charge in [0.25, 0.3) is 0 Å². The summed E-state index contributed by atoms with van der Waals surface area (Å²) in [6.07, 6.45) is 3.91. The van der Waals surface area contributed by atoms with Crippen molar-refractivity contribution < 1.29 is 0 Å². The van der Waals surface area contributed by atoms with E-state index < -0.39 is 0 Å². The van der Waals surface area contributed by atoms with Gasteiger partial charge in [-0.15, -0.1) is 0 Å². The molecule has 0 saturated heterocycles. The van der Waals surface area contributed by atoms with Crippen LogP contribution in [-0.2, 0) is 13.1 Å². The van der Waals surface area contributed by atoms with Crippen LogP contribution < -0.4 is 0 Å². The molecule has 0 spiro atoms. The van der Waals surface area contributed by atoms with Gasteiger partial charge in [-0.2, -0.15) is 0 Å². The third kappa shape index (κ3) is 1.67. The molecule has 3 nitrogen and oxygen atoms in total. The lowest BCUT2D eigenvalue weighted by Crippen LogP contribution is -2.07. The molecule has 4 rings (SSSR count). The fraction of sp³-hybridized carbons (Fsp3) is 0.235. The molecule has 0 amide bonds. The number of hydrogen-bond donors (Lipinski definition) is 1. The van der Waals surface area contributed by atoms with E-state index in [1.165, 1.54) is 33.2 Å². The largest absolute Gasteiger partial charge is 0.346 e. The van der Waals surface area contributed by atoms with E-state index in [-0.39, 0.29) is 0 Å². The van der Waals surface area contributed by atoms with Crippen LogP contribution in [0.1, 0.15) is 16.7 Å². The molecule has 2 aromatic heterocycles. The highest BCUT2D eigenvalue weighted by Gasteiger charge is 2.17. The number of fused-ring (bicyclic) bond motifs is 2. The van der Waals surface area contributed by atoms with E-state index in [0.717, 1.165) is 18.7 Å². The second-order valence-electron chi connectivity index (χ2n) is 5.71. The molecule has 1 aromatic carbocycles. The van der Waals surface area contributed by atoms with Gasteiger partial charge in [0.15, 0.2) is 0 Å². The predicted octanol–water partition coefficient (Wildman–Crippen LogP) is 3.48. The number of nitrogens with zero attached hydrogens (tertiary/aromatic N) is 2. The van der Waals surface area contributed by atoms with E-state index >= 15 is 0 Å². The maximum Gasteiger partial charge on any atom is 0.138 e. The molecule has 1 aliphatic heterocycles. The summed E-state index contributed by atoms with van der Waals surface area (Å²) in [6, 6.07) is 8.95. The van der Waals surface area contributed by atoms with Gasteiger partial charge in [0.05, 0.1) is 0 Å². The molecule has 3 aromatic rings. The number of aryl methyl sites for hydroxylation is 1. The number of pyridine rings is 1. The van der Waals surface area contributed by atoms with E-state index in [1.807, 2.05) is 12.4 Å². The highest BCUT2D eigenvalue weighted by molar-refractivity contribution is 5.95. The van der Waals surface area contributed by atoms with Crippen molar-refractivity contribution in [2.75, 3.05) is 7.05 Å². The molecule has 0 bridgehead atoms. The van der Waals surface area contributed by atoms with Crippen LogP contribution in [-0.4, -0.2) is 21.9 Å². The van der Waals surface area contributed by atoms with Gasteiger partial charge in [-0.1, -0.05) is 12.1 Å². The number of rotatable bonds is 1. The van der Waals surface area contributed by atoms with Gasteiger partial charge in [-0.05, 0) is 53.9 Å². The molecule has 0 aliphatic carbocycles. The fourth-order valence-corrected chi connectivity index (χ4v) is 3.19. The molecule has 20 heavy (non-hydrogen) atoms. The molecule has 0 unspecified atom stereocenters. The van der Waals surface area contributed by atoms with E-state index in [9.17, 15) is 0 Å². The topological polar surface area (TPSA) is 31.9 Å². The van der Waals surface area contributed by atoms with Crippen LogP contribution in [0.5, 0.6) is 0 Å². The van der Waals surface area contributed by atoms with Crippen LogP contribution in [0, 0.1) is 6.92 Å². The Morgan fingerprint density at radius 1 is 1.15 bits per heavy atom. The Balaban J connectivity index is 1.92. The zero-order chi connectivity index (χ0) is 13.7. The first-order valence-electron chi connectivity index (χ1n) is 6.96. The number of hydrogen-bond acceptors (Lipinski definition) is 2. The number of benzene rings is 1. The van der Waals surface area contributed by atoms with Crippen molar-refractivity contribution in [3.63, 3.8) is 0 Å². The summed E-state index contributed by atoms with van der Waals surface area (Å²) in [5.41, 5.74) is 7.68. The van der Waals surface area contributed by atoms with Crippen molar-refractivity contribution in [1.82, 2.24) is 14.9 Å². The van der Waals surface area contributed by atoms with Crippen LogP contribution in [0.4, 0.5) is 0 Å². The first-order chi connectivity index (χ1) is 9.72. The Labute approximate surface area is 118 Å². The Kier molecular flexibility index (Phi) is 2.44. The zero-order valence-corrected chi connectivity index (χ0v) is 11.8. The highest BCUT2D eigenvalue weighted by atomic mass is 15.1. The number of aromatic amines is 1. The summed E-state index contributed by atoms with van der Waals surface area (Å²) in [5, 5.41) is 1.24. The van der Waals surface area contributed by atoms with Gasteiger partial charge in [0, 0.05) is 30.9 Å². The molecular formula is C17H17N3. The van der Waals surface area contributed by atoms with Crippen LogP contribution in [0.2, 0.25) is 0 Å². The monoisotopic (exact) mass is 263 g/mol. The minimum Gasteiger partial charge on any atom is -0.346 e.